The van der Waals surface area contributed by atoms with Crippen LogP contribution in [0, 0.1) is 15.9 Å². The average Bonchev–Trinajstić information content (AvgIpc) is 2.62. The second kappa shape index (κ2) is 8.69. The number of sulfonamides is 1. The number of hydrazone groups is 1. The van der Waals surface area contributed by atoms with Crippen LogP contribution in [0.15, 0.2) is 52.5 Å². The lowest BCUT2D eigenvalue weighted by molar-refractivity contribution is -0.385. The van der Waals surface area contributed by atoms with E-state index < -0.39 is 20.8 Å². The smallest absolute Gasteiger partial charge is 0.270 e. The Balaban J connectivity index is 2.42. The highest BCUT2D eigenvalue weighted by Gasteiger charge is 2.27. The fourth-order valence-corrected chi connectivity index (χ4v) is 4.02. The van der Waals surface area contributed by atoms with Crippen LogP contribution in [0.2, 0.25) is 0 Å². The first-order chi connectivity index (χ1) is 12.8. The van der Waals surface area contributed by atoms with E-state index in [1.807, 2.05) is 0 Å². The van der Waals surface area contributed by atoms with E-state index in [2.05, 4.69) is 10.5 Å². The van der Waals surface area contributed by atoms with Gasteiger partial charge in [-0.2, -0.15) is 9.41 Å². The van der Waals surface area contributed by atoms with Crippen molar-refractivity contribution in [2.45, 2.75) is 18.7 Å². The summed E-state index contributed by atoms with van der Waals surface area (Å²) in [5.41, 5.74) is 2.78. The largest absolute Gasteiger partial charge is 0.277 e. The van der Waals surface area contributed by atoms with Crippen molar-refractivity contribution in [3.63, 3.8) is 0 Å². The second-order valence-corrected chi connectivity index (χ2v) is 7.36. The Kier molecular flexibility index (Phi) is 6.59. The zero-order valence-electron chi connectivity index (χ0n) is 14.8. The van der Waals surface area contributed by atoms with Crippen molar-refractivity contribution in [2.24, 2.45) is 5.10 Å². The van der Waals surface area contributed by atoms with Gasteiger partial charge in [-0.25, -0.2) is 12.8 Å². The highest BCUT2D eigenvalue weighted by molar-refractivity contribution is 7.89. The molecular weight excluding hydrogens is 375 g/mol. The maximum absolute atomic E-state index is 13.2. The number of hydrogen-bond acceptors (Lipinski definition) is 6. The predicted molar refractivity (Wildman–Crippen MR) is 101 cm³/mol. The van der Waals surface area contributed by atoms with Crippen LogP contribution in [0.4, 0.5) is 15.8 Å². The maximum atomic E-state index is 13.2. The number of non-ortho nitro benzene ring substituents is 1. The normalized spacial score (nSPS) is 11.9. The van der Waals surface area contributed by atoms with Crippen molar-refractivity contribution in [3.05, 3.63) is 64.0 Å². The number of nitro groups is 1. The molecule has 0 aromatic heterocycles. The minimum atomic E-state index is -3.96. The van der Waals surface area contributed by atoms with Crippen molar-refractivity contribution in [1.29, 1.82) is 0 Å². The highest BCUT2D eigenvalue weighted by Crippen LogP contribution is 2.29. The number of halogens is 1. The van der Waals surface area contributed by atoms with Gasteiger partial charge in [0.05, 0.1) is 16.8 Å². The van der Waals surface area contributed by atoms with Crippen LogP contribution in [-0.2, 0) is 10.0 Å². The van der Waals surface area contributed by atoms with Gasteiger partial charge in [-0.1, -0.05) is 26.0 Å². The van der Waals surface area contributed by atoms with Gasteiger partial charge in [-0.15, -0.1) is 0 Å². The molecule has 27 heavy (non-hydrogen) atoms. The van der Waals surface area contributed by atoms with Crippen LogP contribution in [0.5, 0.6) is 0 Å². The summed E-state index contributed by atoms with van der Waals surface area (Å²) < 4.78 is 40.0. The third kappa shape index (κ3) is 4.86. The van der Waals surface area contributed by atoms with Crippen molar-refractivity contribution in [3.8, 4) is 0 Å². The van der Waals surface area contributed by atoms with Crippen molar-refractivity contribution < 1.29 is 17.7 Å². The van der Waals surface area contributed by atoms with Gasteiger partial charge in [-0.3, -0.25) is 15.5 Å². The Labute approximate surface area is 156 Å². The summed E-state index contributed by atoms with van der Waals surface area (Å²) in [5, 5.41) is 15.0. The summed E-state index contributed by atoms with van der Waals surface area (Å²) in [6.45, 7) is 3.78. The van der Waals surface area contributed by atoms with Gasteiger partial charge in [0.2, 0.25) is 10.0 Å². The topological polar surface area (TPSA) is 105 Å². The molecule has 0 saturated heterocycles. The number of nitrogens with one attached hydrogen (secondary N) is 1. The predicted octanol–water partition coefficient (Wildman–Crippen LogP) is 3.21. The summed E-state index contributed by atoms with van der Waals surface area (Å²) in [4.78, 5) is 10.1. The van der Waals surface area contributed by atoms with E-state index in [4.69, 9.17) is 0 Å². The summed E-state index contributed by atoms with van der Waals surface area (Å²) in [5.74, 6) is -0.431. The molecule has 0 radical (unpaired) electrons. The molecule has 2 aromatic rings. The lowest BCUT2D eigenvalue weighted by Gasteiger charge is -2.20. The quantitative estimate of drug-likeness (QED) is 0.420. The van der Waals surface area contributed by atoms with E-state index in [1.54, 1.807) is 19.9 Å². The first kappa shape index (κ1) is 20.5. The fourth-order valence-electron chi connectivity index (χ4n) is 2.40. The van der Waals surface area contributed by atoms with Crippen molar-refractivity contribution >= 4 is 27.6 Å². The lowest BCUT2D eigenvalue weighted by Crippen LogP contribution is -2.31. The Hall–Kier alpha value is -2.85. The molecule has 10 heteroatoms. The third-order valence-corrected chi connectivity index (χ3v) is 5.84. The number of hydrogen-bond donors (Lipinski definition) is 1. The summed E-state index contributed by atoms with van der Waals surface area (Å²) >= 11 is 0. The Morgan fingerprint density at radius 3 is 2.52 bits per heavy atom. The molecule has 0 spiro atoms. The molecule has 0 atom stereocenters. The molecule has 0 amide bonds. The fraction of sp³-hybridized carbons (Fsp3) is 0.235. The van der Waals surface area contributed by atoms with Crippen LogP contribution >= 0.6 is 0 Å². The molecule has 1 N–H and O–H groups in total. The van der Waals surface area contributed by atoms with Crippen LogP contribution in [0.25, 0.3) is 0 Å². The SMILES string of the molecule is CCN(CC)S(=O)(=O)c1cc([N+](=O)[O-])ccc1N/N=C/c1cccc(F)c1. The van der Waals surface area contributed by atoms with Crippen molar-refractivity contribution in [1.82, 2.24) is 4.31 Å². The second-order valence-electron chi connectivity index (χ2n) is 5.45. The standard InChI is InChI=1S/C17H19FN4O4S/c1-3-21(4-2)27(25,26)17-11-15(22(23)24)8-9-16(17)20-19-12-13-6-5-7-14(18)10-13/h5-12,20H,3-4H2,1-2H3/b19-12+. The molecule has 0 aliphatic carbocycles. The monoisotopic (exact) mass is 394 g/mol. The van der Waals surface area contributed by atoms with Gasteiger partial charge in [0, 0.05) is 25.2 Å². The first-order valence-corrected chi connectivity index (χ1v) is 9.56. The molecule has 0 heterocycles. The lowest BCUT2D eigenvalue weighted by atomic mass is 10.2. The molecule has 0 aliphatic heterocycles. The molecule has 0 aliphatic rings. The molecule has 0 unspecified atom stereocenters. The van der Waals surface area contributed by atoms with E-state index in [0.29, 0.717) is 5.56 Å². The van der Waals surface area contributed by atoms with Crippen LogP contribution < -0.4 is 5.43 Å². The number of nitrogens with zero attached hydrogens (tertiary/aromatic N) is 3. The Bertz CT molecular complexity index is 959. The minimum Gasteiger partial charge on any atom is -0.277 e. The molecule has 144 valence electrons. The number of rotatable bonds is 8. The molecular formula is C17H19FN4O4S. The number of anilines is 1. The molecule has 8 nitrogen and oxygen atoms in total. The van der Waals surface area contributed by atoms with E-state index in [0.717, 1.165) is 6.07 Å². The van der Waals surface area contributed by atoms with Gasteiger partial charge in [-0.05, 0) is 23.8 Å². The zero-order valence-corrected chi connectivity index (χ0v) is 15.6. The molecule has 0 saturated carbocycles. The molecule has 0 fully saturated rings. The van der Waals surface area contributed by atoms with Crippen LogP contribution in [0.3, 0.4) is 0 Å². The van der Waals surface area contributed by atoms with E-state index in [9.17, 15) is 22.9 Å². The van der Waals surface area contributed by atoms with E-state index in [-0.39, 0.29) is 29.4 Å². The molecule has 2 rings (SSSR count). The minimum absolute atomic E-state index is 0.0835. The van der Waals surface area contributed by atoms with Gasteiger partial charge < -0.3 is 0 Å². The molecule has 2 aromatic carbocycles. The first-order valence-electron chi connectivity index (χ1n) is 8.12. The van der Waals surface area contributed by atoms with Crippen LogP contribution in [-0.4, -0.2) is 37.0 Å². The summed E-state index contributed by atoms with van der Waals surface area (Å²) in [7, 11) is -3.96. The van der Waals surface area contributed by atoms with Gasteiger partial charge in [0.15, 0.2) is 0 Å². The number of nitro benzene ring substituents is 1. The van der Waals surface area contributed by atoms with E-state index in [1.165, 1.54) is 40.9 Å². The average molecular weight is 394 g/mol. The number of benzene rings is 2. The van der Waals surface area contributed by atoms with Crippen LogP contribution in [0.1, 0.15) is 19.4 Å². The molecule has 0 bridgehead atoms. The van der Waals surface area contributed by atoms with E-state index >= 15 is 0 Å². The van der Waals surface area contributed by atoms with Gasteiger partial charge in [0.25, 0.3) is 5.69 Å². The summed E-state index contributed by atoms with van der Waals surface area (Å²) in [6, 6.07) is 9.13. The Morgan fingerprint density at radius 1 is 1.22 bits per heavy atom. The zero-order chi connectivity index (χ0) is 20.0. The van der Waals surface area contributed by atoms with Crippen molar-refractivity contribution in [2.75, 3.05) is 18.5 Å². The summed E-state index contributed by atoms with van der Waals surface area (Å²) in [6.07, 6.45) is 1.32. The maximum Gasteiger partial charge on any atom is 0.270 e. The van der Waals surface area contributed by atoms with Gasteiger partial charge in [0.1, 0.15) is 10.7 Å². The third-order valence-electron chi connectivity index (χ3n) is 3.75. The highest BCUT2D eigenvalue weighted by atomic mass is 32.2. The van der Waals surface area contributed by atoms with Gasteiger partial charge >= 0.3 is 0 Å². The Morgan fingerprint density at radius 2 is 1.93 bits per heavy atom.